The maximum absolute atomic E-state index is 9.59. The third-order valence-corrected chi connectivity index (χ3v) is 2.52. The van der Waals surface area contributed by atoms with Crippen molar-refractivity contribution in [2.45, 2.75) is 18.6 Å². The number of hydrogen-bond donors (Lipinski definition) is 2. The predicted molar refractivity (Wildman–Crippen MR) is 55.3 cm³/mol. The molecule has 2 rings (SSSR count). The van der Waals surface area contributed by atoms with Gasteiger partial charge in [0.25, 0.3) is 0 Å². The van der Waals surface area contributed by atoms with Gasteiger partial charge in [-0.15, -0.1) is 12.4 Å². The maximum Gasteiger partial charge on any atom is 0.0947 e. The van der Waals surface area contributed by atoms with Crippen LogP contribution in [0.1, 0.15) is 17.2 Å². The van der Waals surface area contributed by atoms with Gasteiger partial charge < -0.3 is 10.8 Å². The van der Waals surface area contributed by atoms with Gasteiger partial charge in [0.05, 0.1) is 6.10 Å². The maximum atomic E-state index is 9.59. The molecular weight excluding hydrogens is 209 g/mol. The van der Waals surface area contributed by atoms with E-state index in [4.69, 9.17) is 17.3 Å². The molecule has 13 heavy (non-hydrogen) atoms. The van der Waals surface area contributed by atoms with Crippen LogP contribution in [0.5, 0.6) is 0 Å². The summed E-state index contributed by atoms with van der Waals surface area (Å²) >= 11 is 5.78. The highest BCUT2D eigenvalue weighted by molar-refractivity contribution is 6.30. The number of nitrogens with two attached hydrogens (primary N) is 1. The minimum atomic E-state index is -0.543. The average molecular weight is 220 g/mol. The number of halogens is 2. The Morgan fingerprint density at radius 2 is 2.15 bits per heavy atom. The van der Waals surface area contributed by atoms with Gasteiger partial charge in [0, 0.05) is 11.1 Å². The number of hydrogen-bond acceptors (Lipinski definition) is 2. The van der Waals surface area contributed by atoms with Gasteiger partial charge in [-0.3, -0.25) is 0 Å². The number of fused-ring (bicyclic) bond motifs is 1. The molecule has 0 fully saturated rings. The summed E-state index contributed by atoms with van der Waals surface area (Å²) in [6, 6.07) is 5.37. The summed E-state index contributed by atoms with van der Waals surface area (Å²) in [6.07, 6.45) is 0.201. The minimum absolute atomic E-state index is 0. The molecule has 2 unspecified atom stereocenters. The molecule has 2 atom stereocenters. The summed E-state index contributed by atoms with van der Waals surface area (Å²) < 4.78 is 0. The van der Waals surface area contributed by atoms with Crippen LogP contribution in [0, 0.1) is 0 Å². The Morgan fingerprint density at radius 1 is 1.46 bits per heavy atom. The van der Waals surface area contributed by atoms with Crippen LogP contribution in [0.15, 0.2) is 18.2 Å². The van der Waals surface area contributed by atoms with Gasteiger partial charge in [0.1, 0.15) is 0 Å². The molecule has 0 aromatic heterocycles. The van der Waals surface area contributed by atoms with Crippen molar-refractivity contribution in [3.05, 3.63) is 34.3 Å². The van der Waals surface area contributed by atoms with E-state index in [-0.39, 0.29) is 18.4 Å². The van der Waals surface area contributed by atoms with Crippen molar-refractivity contribution < 1.29 is 5.11 Å². The van der Waals surface area contributed by atoms with E-state index in [9.17, 15) is 5.11 Å². The van der Waals surface area contributed by atoms with Gasteiger partial charge >= 0.3 is 0 Å². The Labute approximate surface area is 88.1 Å². The standard InChI is InChI=1S/C9H10ClNO.ClH/c10-6-2-1-5-3-8(11)9(12)7(5)4-6;/h1-2,4,8-9,12H,3,11H2;1H. The van der Waals surface area contributed by atoms with Crippen molar-refractivity contribution in [2.24, 2.45) is 5.73 Å². The first-order valence-electron chi connectivity index (χ1n) is 3.90. The summed E-state index contributed by atoms with van der Waals surface area (Å²) in [5, 5.41) is 10.2. The van der Waals surface area contributed by atoms with Gasteiger partial charge in [-0.25, -0.2) is 0 Å². The second-order valence-corrected chi connectivity index (χ2v) is 3.59. The Bertz CT molecular complexity index is 316. The average Bonchev–Trinajstić information content (AvgIpc) is 2.31. The quantitative estimate of drug-likeness (QED) is 0.698. The van der Waals surface area contributed by atoms with Crippen molar-refractivity contribution in [3.8, 4) is 0 Å². The van der Waals surface area contributed by atoms with E-state index in [1.807, 2.05) is 12.1 Å². The van der Waals surface area contributed by atoms with Crippen LogP contribution in [-0.4, -0.2) is 11.1 Å². The molecule has 4 heteroatoms. The highest BCUT2D eigenvalue weighted by Gasteiger charge is 2.27. The lowest BCUT2D eigenvalue weighted by atomic mass is 10.1. The van der Waals surface area contributed by atoms with E-state index >= 15 is 0 Å². The fourth-order valence-electron chi connectivity index (χ4n) is 1.62. The van der Waals surface area contributed by atoms with Crippen molar-refractivity contribution >= 4 is 24.0 Å². The van der Waals surface area contributed by atoms with Crippen LogP contribution >= 0.6 is 24.0 Å². The normalized spacial score (nSPS) is 25.2. The van der Waals surface area contributed by atoms with Crippen LogP contribution in [0.25, 0.3) is 0 Å². The van der Waals surface area contributed by atoms with Crippen molar-refractivity contribution in [3.63, 3.8) is 0 Å². The molecule has 0 spiro atoms. The highest BCUT2D eigenvalue weighted by Crippen LogP contribution is 2.31. The van der Waals surface area contributed by atoms with Gasteiger partial charge in [-0.05, 0) is 29.7 Å². The molecule has 1 aliphatic rings. The Morgan fingerprint density at radius 3 is 2.85 bits per heavy atom. The second-order valence-electron chi connectivity index (χ2n) is 3.16. The molecule has 0 saturated carbocycles. The first-order chi connectivity index (χ1) is 5.68. The zero-order chi connectivity index (χ0) is 8.72. The van der Waals surface area contributed by atoms with Crippen molar-refractivity contribution in [2.75, 3.05) is 0 Å². The largest absolute Gasteiger partial charge is 0.387 e. The third-order valence-electron chi connectivity index (χ3n) is 2.29. The lowest BCUT2D eigenvalue weighted by molar-refractivity contribution is 0.159. The summed E-state index contributed by atoms with van der Waals surface area (Å²) in [4.78, 5) is 0. The minimum Gasteiger partial charge on any atom is -0.387 e. The summed E-state index contributed by atoms with van der Waals surface area (Å²) in [5.74, 6) is 0. The van der Waals surface area contributed by atoms with Gasteiger partial charge in [-0.1, -0.05) is 17.7 Å². The molecule has 72 valence electrons. The van der Waals surface area contributed by atoms with Gasteiger partial charge in [-0.2, -0.15) is 0 Å². The zero-order valence-corrected chi connectivity index (χ0v) is 8.48. The first kappa shape index (κ1) is 10.8. The number of rotatable bonds is 0. The fourth-order valence-corrected chi connectivity index (χ4v) is 1.80. The molecule has 2 nitrogen and oxygen atoms in total. The van der Waals surface area contributed by atoms with Gasteiger partial charge in [0.2, 0.25) is 0 Å². The van der Waals surface area contributed by atoms with Crippen LogP contribution < -0.4 is 5.73 Å². The van der Waals surface area contributed by atoms with Crippen LogP contribution in [0.2, 0.25) is 5.02 Å². The molecule has 1 aliphatic carbocycles. The van der Waals surface area contributed by atoms with E-state index < -0.39 is 6.10 Å². The smallest absolute Gasteiger partial charge is 0.0947 e. The fraction of sp³-hybridized carbons (Fsp3) is 0.333. The van der Waals surface area contributed by atoms with Gasteiger partial charge in [0.15, 0.2) is 0 Å². The van der Waals surface area contributed by atoms with E-state index in [0.717, 1.165) is 17.5 Å². The molecule has 0 amide bonds. The van der Waals surface area contributed by atoms with E-state index in [1.54, 1.807) is 6.07 Å². The molecular formula is C9H11Cl2NO. The predicted octanol–water partition coefficient (Wildman–Crippen LogP) is 1.68. The molecule has 0 heterocycles. The molecule has 0 aliphatic heterocycles. The first-order valence-corrected chi connectivity index (χ1v) is 4.28. The zero-order valence-electron chi connectivity index (χ0n) is 6.90. The number of aliphatic hydroxyl groups is 1. The molecule has 1 aromatic rings. The highest BCUT2D eigenvalue weighted by atomic mass is 35.5. The summed E-state index contributed by atoms with van der Waals surface area (Å²) in [5.41, 5.74) is 7.68. The van der Waals surface area contributed by atoms with E-state index in [1.165, 1.54) is 0 Å². The van der Waals surface area contributed by atoms with Crippen LogP contribution in [-0.2, 0) is 6.42 Å². The second kappa shape index (κ2) is 3.84. The van der Waals surface area contributed by atoms with Crippen LogP contribution in [0.3, 0.4) is 0 Å². The summed E-state index contributed by atoms with van der Waals surface area (Å²) in [6.45, 7) is 0. The summed E-state index contributed by atoms with van der Waals surface area (Å²) in [7, 11) is 0. The molecule has 3 N–H and O–H groups in total. The lowest BCUT2D eigenvalue weighted by Gasteiger charge is -2.07. The van der Waals surface area contributed by atoms with Crippen LogP contribution in [0.4, 0.5) is 0 Å². The molecule has 0 saturated heterocycles. The lowest BCUT2D eigenvalue weighted by Crippen LogP contribution is -2.24. The Hall–Kier alpha value is -0.280. The Balaban J connectivity index is 0.000000845. The van der Waals surface area contributed by atoms with Crippen molar-refractivity contribution in [1.29, 1.82) is 0 Å². The molecule has 0 radical (unpaired) electrons. The SMILES string of the molecule is Cl.NC1Cc2ccc(Cl)cc2C1O. The van der Waals surface area contributed by atoms with Crippen molar-refractivity contribution in [1.82, 2.24) is 0 Å². The third kappa shape index (κ3) is 1.81. The van der Waals surface area contributed by atoms with E-state index in [2.05, 4.69) is 0 Å². The molecule has 0 bridgehead atoms. The monoisotopic (exact) mass is 219 g/mol. The number of benzene rings is 1. The molecule has 1 aromatic carbocycles. The topological polar surface area (TPSA) is 46.2 Å². The van der Waals surface area contributed by atoms with E-state index in [0.29, 0.717) is 5.02 Å². The number of aliphatic hydroxyl groups excluding tert-OH is 1. The Kier molecular flexibility index (Phi) is 3.19.